The van der Waals surface area contributed by atoms with Gasteiger partial charge in [0.25, 0.3) is 0 Å². The van der Waals surface area contributed by atoms with Crippen LogP contribution in [0.15, 0.2) is 0 Å². The minimum Gasteiger partial charge on any atom is -0.304 e. The number of halogens is 5. The molecule has 0 atom stereocenters. The summed E-state index contributed by atoms with van der Waals surface area (Å²) < 4.78 is 80.1. The van der Waals surface area contributed by atoms with Gasteiger partial charge in [-0.1, -0.05) is 0 Å². The summed E-state index contributed by atoms with van der Waals surface area (Å²) in [6.45, 7) is 1.14. The van der Waals surface area contributed by atoms with Crippen LogP contribution in [0.4, 0.5) is 22.0 Å². The summed E-state index contributed by atoms with van der Waals surface area (Å²) in [6, 6.07) is 0. The van der Waals surface area contributed by atoms with Crippen LogP contribution in [0, 0.1) is 0 Å². The number of hydrogen-bond donors (Lipinski definition) is 0. The maximum Gasteiger partial charge on any atom is 0.466 e. The van der Waals surface area contributed by atoms with E-state index in [1.807, 2.05) is 0 Å². The number of alkyl halides is 5. The first kappa shape index (κ1) is 14.8. The van der Waals surface area contributed by atoms with Crippen molar-refractivity contribution in [3.8, 4) is 0 Å². The SMILES string of the molecule is CCOP(=O)(OCC)C(F)(F)C(F)(F)F. The summed E-state index contributed by atoms with van der Waals surface area (Å²) in [5.74, 6) is 0. The van der Waals surface area contributed by atoms with E-state index < -0.39 is 32.6 Å². The molecule has 15 heavy (non-hydrogen) atoms. The van der Waals surface area contributed by atoms with Crippen molar-refractivity contribution in [1.29, 1.82) is 0 Å². The van der Waals surface area contributed by atoms with Crippen LogP contribution < -0.4 is 0 Å². The molecule has 0 aliphatic rings. The lowest BCUT2D eigenvalue weighted by atomic mass is 10.7. The lowest BCUT2D eigenvalue weighted by Crippen LogP contribution is -2.37. The molecule has 0 heterocycles. The Morgan fingerprint density at radius 2 is 1.33 bits per heavy atom. The highest BCUT2D eigenvalue weighted by molar-refractivity contribution is 7.55. The van der Waals surface area contributed by atoms with Gasteiger partial charge in [0.1, 0.15) is 0 Å². The van der Waals surface area contributed by atoms with Gasteiger partial charge in [0, 0.05) is 0 Å². The molecule has 0 bridgehead atoms. The summed E-state index contributed by atoms with van der Waals surface area (Å²) in [7, 11) is -5.50. The predicted molar refractivity (Wildman–Crippen MR) is 41.9 cm³/mol. The third kappa shape index (κ3) is 2.89. The van der Waals surface area contributed by atoms with E-state index in [4.69, 9.17) is 0 Å². The molecule has 9 heteroatoms. The van der Waals surface area contributed by atoms with Crippen LogP contribution in [-0.4, -0.2) is 25.1 Å². The molecule has 0 radical (unpaired) electrons. The van der Waals surface area contributed by atoms with Crippen molar-refractivity contribution in [2.75, 3.05) is 13.2 Å². The standard InChI is InChI=1S/C6H10F5O3P/c1-3-13-15(12,14-4-2)6(10,11)5(7,8)9/h3-4H2,1-2H3. The monoisotopic (exact) mass is 256 g/mol. The molecular formula is C6H10F5O3P. The molecule has 0 saturated carbocycles. The maximum absolute atomic E-state index is 12.7. The van der Waals surface area contributed by atoms with Crippen LogP contribution in [-0.2, 0) is 13.6 Å². The lowest BCUT2D eigenvalue weighted by Gasteiger charge is -2.26. The first-order valence-corrected chi connectivity index (χ1v) is 5.50. The van der Waals surface area contributed by atoms with E-state index in [0.717, 1.165) is 13.8 Å². The zero-order valence-corrected chi connectivity index (χ0v) is 8.87. The molecule has 0 rings (SSSR count). The lowest BCUT2D eigenvalue weighted by molar-refractivity contribution is -0.250. The quantitative estimate of drug-likeness (QED) is 0.558. The molecule has 0 aromatic heterocycles. The molecule has 3 nitrogen and oxygen atoms in total. The molecule has 0 aliphatic heterocycles. The van der Waals surface area contributed by atoms with Crippen LogP contribution in [0.5, 0.6) is 0 Å². The van der Waals surface area contributed by atoms with E-state index in [-0.39, 0.29) is 0 Å². The second kappa shape index (κ2) is 4.76. The Kier molecular flexibility index (Phi) is 4.69. The van der Waals surface area contributed by atoms with Gasteiger partial charge in [-0.3, -0.25) is 4.57 Å². The third-order valence-corrected chi connectivity index (χ3v) is 3.42. The molecular weight excluding hydrogens is 246 g/mol. The van der Waals surface area contributed by atoms with Crippen molar-refractivity contribution in [2.24, 2.45) is 0 Å². The molecule has 0 amide bonds. The van der Waals surface area contributed by atoms with Crippen molar-refractivity contribution < 1.29 is 35.6 Å². The van der Waals surface area contributed by atoms with E-state index in [1.54, 1.807) is 0 Å². The number of rotatable bonds is 5. The van der Waals surface area contributed by atoms with Gasteiger partial charge in [0.15, 0.2) is 0 Å². The highest BCUT2D eigenvalue weighted by Crippen LogP contribution is 2.67. The van der Waals surface area contributed by atoms with Gasteiger partial charge in [0.2, 0.25) is 0 Å². The molecule has 0 aliphatic carbocycles. The van der Waals surface area contributed by atoms with Crippen molar-refractivity contribution in [2.45, 2.75) is 25.7 Å². The normalized spacial score (nSPS) is 14.3. The van der Waals surface area contributed by atoms with Crippen LogP contribution in [0.1, 0.15) is 13.8 Å². The molecule has 0 aromatic rings. The van der Waals surface area contributed by atoms with Gasteiger partial charge < -0.3 is 9.05 Å². The fraction of sp³-hybridized carbons (Fsp3) is 1.00. The second-order valence-corrected chi connectivity index (χ2v) is 4.45. The zero-order valence-electron chi connectivity index (χ0n) is 7.98. The molecule has 0 fully saturated rings. The van der Waals surface area contributed by atoms with Gasteiger partial charge in [-0.05, 0) is 13.8 Å². The second-order valence-electron chi connectivity index (χ2n) is 2.37. The van der Waals surface area contributed by atoms with E-state index in [1.165, 1.54) is 0 Å². The summed E-state index contributed by atoms with van der Waals surface area (Å²) in [4.78, 5) is 0. The van der Waals surface area contributed by atoms with E-state index in [0.29, 0.717) is 0 Å². The van der Waals surface area contributed by atoms with Crippen molar-refractivity contribution in [1.82, 2.24) is 0 Å². The molecule has 0 N–H and O–H groups in total. The molecule has 0 spiro atoms. The van der Waals surface area contributed by atoms with Crippen molar-refractivity contribution in [3.63, 3.8) is 0 Å². The van der Waals surface area contributed by atoms with E-state index in [9.17, 15) is 26.5 Å². The van der Waals surface area contributed by atoms with Gasteiger partial charge in [-0.15, -0.1) is 0 Å². The molecule has 0 unspecified atom stereocenters. The maximum atomic E-state index is 12.7. The van der Waals surface area contributed by atoms with Gasteiger partial charge in [-0.25, -0.2) is 0 Å². The molecule has 0 saturated heterocycles. The Morgan fingerprint density at radius 3 is 1.53 bits per heavy atom. The summed E-state index contributed by atoms with van der Waals surface area (Å²) in [5.41, 5.74) is -5.49. The molecule has 92 valence electrons. The first-order valence-electron chi connectivity index (χ1n) is 3.96. The Labute approximate surface area is 83.1 Å². The Bertz CT molecular complexity index is 242. The minimum absolute atomic E-state index is 0.567. The molecule has 0 aromatic carbocycles. The minimum atomic E-state index is -5.97. The smallest absolute Gasteiger partial charge is 0.304 e. The Hall–Kier alpha value is -0.200. The Balaban J connectivity index is 5.16. The van der Waals surface area contributed by atoms with Gasteiger partial charge >= 0.3 is 19.4 Å². The topological polar surface area (TPSA) is 35.5 Å². The summed E-state index contributed by atoms with van der Waals surface area (Å²) >= 11 is 0. The van der Waals surface area contributed by atoms with Crippen LogP contribution in [0.3, 0.4) is 0 Å². The van der Waals surface area contributed by atoms with E-state index >= 15 is 0 Å². The van der Waals surface area contributed by atoms with Crippen molar-refractivity contribution in [3.05, 3.63) is 0 Å². The Morgan fingerprint density at radius 1 is 1.00 bits per heavy atom. The van der Waals surface area contributed by atoms with E-state index in [2.05, 4.69) is 9.05 Å². The highest BCUT2D eigenvalue weighted by atomic mass is 31.2. The first-order chi connectivity index (χ1) is 6.62. The van der Waals surface area contributed by atoms with Crippen LogP contribution >= 0.6 is 7.60 Å². The van der Waals surface area contributed by atoms with Gasteiger partial charge in [-0.2, -0.15) is 22.0 Å². The van der Waals surface area contributed by atoms with Gasteiger partial charge in [0.05, 0.1) is 13.2 Å². The summed E-state index contributed by atoms with van der Waals surface area (Å²) in [5, 5.41) is 0. The fourth-order valence-corrected chi connectivity index (χ4v) is 2.08. The van der Waals surface area contributed by atoms with Crippen LogP contribution in [0.2, 0.25) is 0 Å². The largest absolute Gasteiger partial charge is 0.466 e. The summed E-state index contributed by atoms with van der Waals surface area (Å²) in [6.07, 6.45) is -5.97. The highest BCUT2D eigenvalue weighted by Gasteiger charge is 2.71. The average Bonchev–Trinajstić information content (AvgIpc) is 2.02. The number of hydrogen-bond acceptors (Lipinski definition) is 3. The fourth-order valence-electron chi connectivity index (χ4n) is 0.695. The predicted octanol–water partition coefficient (Wildman–Crippen LogP) is 3.41. The zero-order chi connectivity index (χ0) is 12.3. The average molecular weight is 256 g/mol. The third-order valence-electron chi connectivity index (χ3n) is 1.28. The van der Waals surface area contributed by atoms with Crippen molar-refractivity contribution >= 4 is 7.60 Å². The van der Waals surface area contributed by atoms with Crippen LogP contribution in [0.25, 0.3) is 0 Å².